The van der Waals surface area contributed by atoms with E-state index in [9.17, 15) is 4.79 Å². The highest BCUT2D eigenvalue weighted by Crippen LogP contribution is 2.27. The lowest BCUT2D eigenvalue weighted by Gasteiger charge is -2.09. The molecule has 130 valence electrons. The zero-order chi connectivity index (χ0) is 17.3. The van der Waals surface area contributed by atoms with Crippen LogP contribution in [-0.4, -0.2) is 18.2 Å². The largest absolute Gasteiger partial charge is 0.351 e. The van der Waals surface area contributed by atoms with Crippen molar-refractivity contribution in [2.75, 3.05) is 12.3 Å². The van der Waals surface area contributed by atoms with E-state index >= 15 is 0 Å². The zero-order valence-corrected chi connectivity index (χ0v) is 16.9. The molecule has 0 bridgehead atoms. The van der Waals surface area contributed by atoms with Gasteiger partial charge in [0.2, 0.25) is 0 Å². The van der Waals surface area contributed by atoms with Crippen molar-refractivity contribution in [3.05, 3.63) is 74.6 Å². The van der Waals surface area contributed by atoms with Crippen LogP contribution in [0.5, 0.6) is 0 Å². The van der Waals surface area contributed by atoms with Crippen molar-refractivity contribution in [2.24, 2.45) is 0 Å². The minimum absolute atomic E-state index is 0.0181. The van der Waals surface area contributed by atoms with Crippen LogP contribution in [0.25, 0.3) is 0 Å². The molecule has 0 radical (unpaired) electrons. The van der Waals surface area contributed by atoms with Gasteiger partial charge in [0.15, 0.2) is 0 Å². The Morgan fingerprint density at radius 2 is 1.68 bits per heavy atom. The summed E-state index contributed by atoms with van der Waals surface area (Å²) in [7, 11) is 0. The quantitative estimate of drug-likeness (QED) is 0.362. The summed E-state index contributed by atoms with van der Waals surface area (Å²) in [6.07, 6.45) is 0. The van der Waals surface area contributed by atoms with Crippen molar-refractivity contribution in [1.29, 1.82) is 0 Å². The van der Waals surface area contributed by atoms with Gasteiger partial charge in [0.1, 0.15) is 0 Å². The van der Waals surface area contributed by atoms with E-state index in [0.29, 0.717) is 6.54 Å². The lowest BCUT2D eigenvalue weighted by molar-refractivity contribution is 0.0953. The molecule has 0 fully saturated rings. The molecule has 0 aliphatic heterocycles. The third-order valence-corrected chi connectivity index (χ3v) is 7.13. The third-order valence-electron chi connectivity index (χ3n) is 3.49. The topological polar surface area (TPSA) is 29.1 Å². The molecule has 2 nitrogen and oxygen atoms in total. The first kappa shape index (κ1) is 18.6. The number of benzene rings is 1. The number of carbonyl (C=O) groups excluding carboxylic acids is 1. The van der Waals surface area contributed by atoms with Crippen LogP contribution in [-0.2, 0) is 11.5 Å². The van der Waals surface area contributed by atoms with Crippen molar-refractivity contribution in [3.63, 3.8) is 0 Å². The van der Waals surface area contributed by atoms with Gasteiger partial charge in [0.25, 0.3) is 5.91 Å². The van der Waals surface area contributed by atoms with Crippen molar-refractivity contribution >= 4 is 52.1 Å². The molecular weight excluding hydrogens is 386 g/mol. The Bertz CT molecular complexity index is 769. The van der Waals surface area contributed by atoms with E-state index < -0.39 is 0 Å². The second-order valence-electron chi connectivity index (χ2n) is 5.36. The Morgan fingerprint density at radius 3 is 2.40 bits per heavy atom. The normalized spacial score (nSPS) is 10.7. The summed E-state index contributed by atoms with van der Waals surface area (Å²) in [5.74, 6) is 2.84. The van der Waals surface area contributed by atoms with Crippen LogP contribution in [0.3, 0.4) is 0 Å². The fourth-order valence-corrected chi connectivity index (χ4v) is 5.56. The number of hydrogen-bond donors (Lipinski definition) is 1. The molecule has 25 heavy (non-hydrogen) atoms. The van der Waals surface area contributed by atoms with Crippen molar-refractivity contribution in [3.8, 4) is 0 Å². The van der Waals surface area contributed by atoms with E-state index in [0.717, 1.165) is 27.7 Å². The van der Waals surface area contributed by atoms with Crippen molar-refractivity contribution in [1.82, 2.24) is 5.32 Å². The summed E-state index contributed by atoms with van der Waals surface area (Å²) in [5.41, 5.74) is 3.43. The molecule has 1 N–H and O–H groups in total. The first-order valence-corrected chi connectivity index (χ1v) is 12.0. The van der Waals surface area contributed by atoms with Crippen molar-refractivity contribution in [2.45, 2.75) is 16.4 Å². The molecule has 3 aromatic rings. The lowest BCUT2D eigenvalue weighted by Crippen LogP contribution is -2.26. The predicted molar refractivity (Wildman–Crippen MR) is 113 cm³/mol. The van der Waals surface area contributed by atoms with Crippen LogP contribution in [0.15, 0.2) is 62.8 Å². The number of carbonyl (C=O) groups is 1. The van der Waals surface area contributed by atoms with E-state index in [1.54, 1.807) is 34.4 Å². The van der Waals surface area contributed by atoms with Crippen LogP contribution >= 0.6 is 46.2 Å². The molecule has 0 unspecified atom stereocenters. The molecule has 0 aliphatic carbocycles. The van der Waals surface area contributed by atoms with Crippen LogP contribution in [0.4, 0.5) is 0 Å². The summed E-state index contributed by atoms with van der Waals surface area (Å²) in [5, 5.41) is 11.6. The molecule has 3 rings (SSSR count). The molecule has 2 heterocycles. The maximum atomic E-state index is 12.5. The number of thioether (sulfide) groups is 2. The minimum Gasteiger partial charge on any atom is -0.351 e. The number of rotatable bonds is 9. The monoisotopic (exact) mass is 405 g/mol. The average molecular weight is 406 g/mol. The first-order chi connectivity index (χ1) is 12.3. The van der Waals surface area contributed by atoms with Gasteiger partial charge in [-0.15, -0.1) is 11.8 Å². The maximum Gasteiger partial charge on any atom is 0.252 e. The predicted octanol–water partition coefficient (Wildman–Crippen LogP) is 5.77. The van der Waals surface area contributed by atoms with E-state index in [-0.39, 0.29) is 5.91 Å². The lowest BCUT2D eigenvalue weighted by atomic mass is 10.2. The smallest absolute Gasteiger partial charge is 0.252 e. The van der Waals surface area contributed by atoms with Crippen molar-refractivity contribution < 1.29 is 4.79 Å². The number of nitrogens with one attached hydrogen (secondary N) is 1. The maximum absolute atomic E-state index is 12.5. The molecule has 0 atom stereocenters. The van der Waals surface area contributed by atoms with Crippen LogP contribution < -0.4 is 5.32 Å². The Hall–Kier alpha value is -1.21. The molecule has 1 amide bonds. The first-order valence-electron chi connectivity index (χ1n) is 7.93. The Balaban J connectivity index is 1.46. The fourth-order valence-electron chi connectivity index (χ4n) is 2.21. The average Bonchev–Trinajstić information content (AvgIpc) is 3.33. The summed E-state index contributed by atoms with van der Waals surface area (Å²) >= 11 is 7.00. The molecule has 2 aromatic heterocycles. The minimum atomic E-state index is 0.0181. The van der Waals surface area contributed by atoms with Gasteiger partial charge in [-0.25, -0.2) is 0 Å². The standard InChI is InChI=1S/C19H19NOS4/c21-19(20-7-10-24-12-15-5-8-22-11-15)17-3-1-2-4-18(17)25-14-16-6-9-23-13-16/h1-6,8-9,11,13H,7,10,12,14H2,(H,20,21). The second kappa shape index (κ2) is 10.1. The molecule has 1 aromatic carbocycles. The fraction of sp³-hybridized carbons (Fsp3) is 0.211. The van der Waals surface area contributed by atoms with Gasteiger partial charge in [-0.2, -0.15) is 34.4 Å². The Kier molecular flexibility index (Phi) is 7.48. The highest BCUT2D eigenvalue weighted by atomic mass is 32.2. The highest BCUT2D eigenvalue weighted by molar-refractivity contribution is 7.98. The number of thiophene rings is 2. The molecule has 0 aliphatic rings. The third kappa shape index (κ3) is 5.92. The number of amides is 1. The van der Waals surface area contributed by atoms with Crippen LogP contribution in [0.2, 0.25) is 0 Å². The summed E-state index contributed by atoms with van der Waals surface area (Å²) in [6.45, 7) is 0.692. The summed E-state index contributed by atoms with van der Waals surface area (Å²) in [6, 6.07) is 12.1. The van der Waals surface area contributed by atoms with Crippen LogP contribution in [0.1, 0.15) is 21.5 Å². The van der Waals surface area contributed by atoms with E-state index in [4.69, 9.17) is 0 Å². The zero-order valence-electron chi connectivity index (χ0n) is 13.6. The van der Waals surface area contributed by atoms with Gasteiger partial charge < -0.3 is 5.32 Å². The van der Waals surface area contributed by atoms with E-state index in [2.05, 4.69) is 39.0 Å². The summed E-state index contributed by atoms with van der Waals surface area (Å²) in [4.78, 5) is 13.5. The summed E-state index contributed by atoms with van der Waals surface area (Å²) < 4.78 is 0. The number of hydrogen-bond acceptors (Lipinski definition) is 5. The van der Waals surface area contributed by atoms with Crippen LogP contribution in [0, 0.1) is 0 Å². The molecule has 0 saturated heterocycles. The second-order valence-corrected chi connectivity index (χ2v) is 9.04. The van der Waals surface area contributed by atoms with E-state index in [1.807, 2.05) is 36.0 Å². The Morgan fingerprint density at radius 1 is 0.960 bits per heavy atom. The van der Waals surface area contributed by atoms with Gasteiger partial charge in [-0.1, -0.05) is 12.1 Å². The Labute approximate surface area is 165 Å². The van der Waals surface area contributed by atoms with Gasteiger partial charge in [-0.05, 0) is 56.9 Å². The van der Waals surface area contributed by atoms with Gasteiger partial charge >= 0.3 is 0 Å². The highest BCUT2D eigenvalue weighted by Gasteiger charge is 2.11. The van der Waals surface area contributed by atoms with Gasteiger partial charge in [-0.3, -0.25) is 4.79 Å². The molecule has 6 heteroatoms. The van der Waals surface area contributed by atoms with E-state index in [1.165, 1.54) is 11.1 Å². The van der Waals surface area contributed by atoms with Gasteiger partial charge in [0.05, 0.1) is 5.56 Å². The van der Waals surface area contributed by atoms with Gasteiger partial charge in [0, 0.05) is 28.7 Å². The SMILES string of the molecule is O=C(NCCSCc1ccsc1)c1ccccc1SCc1ccsc1. The molecule has 0 saturated carbocycles. The molecular formula is C19H19NOS4. The molecule has 0 spiro atoms.